The molecule has 1 unspecified atom stereocenters. The number of hydrogen-bond donors (Lipinski definition) is 2. The van der Waals surface area contributed by atoms with E-state index in [4.69, 9.17) is 0 Å². The molecule has 0 bridgehead atoms. The van der Waals surface area contributed by atoms with Crippen LogP contribution in [0.5, 0.6) is 0 Å². The van der Waals surface area contributed by atoms with Crippen LogP contribution >= 0.6 is 0 Å². The molecule has 0 aromatic heterocycles. The van der Waals surface area contributed by atoms with Gasteiger partial charge in [0.2, 0.25) is 11.8 Å². The zero-order valence-corrected chi connectivity index (χ0v) is 10.0. The molecule has 0 aliphatic carbocycles. The Morgan fingerprint density at radius 2 is 1.87 bits per heavy atom. The van der Waals surface area contributed by atoms with E-state index in [1.807, 2.05) is 20.8 Å². The zero-order chi connectivity index (χ0) is 12.1. The summed E-state index contributed by atoms with van der Waals surface area (Å²) in [6.45, 7) is 7.25. The highest BCUT2D eigenvalue weighted by molar-refractivity contribution is 5.87. The van der Waals surface area contributed by atoms with Gasteiger partial charge < -0.3 is 15.4 Å². The maximum Gasteiger partial charge on any atom is 0.246 e. The average Bonchev–Trinajstić information content (AvgIpc) is 2.00. The van der Waals surface area contributed by atoms with Crippen molar-refractivity contribution in [2.24, 2.45) is 0 Å². The Bertz CT molecular complexity index is 233. The first-order valence-electron chi connectivity index (χ1n) is 4.86. The van der Waals surface area contributed by atoms with E-state index >= 15 is 0 Å². The first-order valence-corrected chi connectivity index (χ1v) is 4.86. The fourth-order valence-electron chi connectivity index (χ4n) is 0.958. The third kappa shape index (κ3) is 6.90. The van der Waals surface area contributed by atoms with Crippen molar-refractivity contribution in [3.05, 3.63) is 0 Å². The summed E-state index contributed by atoms with van der Waals surface area (Å²) in [5.74, 6) is -0.499. The average molecular weight is 216 g/mol. The van der Waals surface area contributed by atoms with Gasteiger partial charge in [0.05, 0.1) is 0 Å². The monoisotopic (exact) mass is 216 g/mol. The number of amides is 2. The van der Waals surface area contributed by atoms with Crippen LogP contribution in [0.4, 0.5) is 0 Å². The van der Waals surface area contributed by atoms with E-state index in [0.717, 1.165) is 0 Å². The van der Waals surface area contributed by atoms with Crippen molar-refractivity contribution >= 4 is 11.8 Å². The molecule has 2 N–H and O–H groups in total. The van der Waals surface area contributed by atoms with E-state index in [1.165, 1.54) is 7.11 Å². The van der Waals surface area contributed by atoms with Gasteiger partial charge in [-0.1, -0.05) is 0 Å². The molecule has 88 valence electrons. The van der Waals surface area contributed by atoms with Crippen LogP contribution in [0.15, 0.2) is 0 Å². The SMILES string of the molecule is COCC(=O)NC(C)C(=O)NC(C)(C)C. The van der Waals surface area contributed by atoms with Gasteiger partial charge in [-0.3, -0.25) is 9.59 Å². The molecule has 2 amide bonds. The molecule has 0 aliphatic heterocycles. The van der Waals surface area contributed by atoms with Crippen LogP contribution in [0.25, 0.3) is 0 Å². The van der Waals surface area contributed by atoms with Crippen molar-refractivity contribution < 1.29 is 14.3 Å². The molecule has 0 saturated carbocycles. The van der Waals surface area contributed by atoms with E-state index in [0.29, 0.717) is 0 Å². The molecule has 0 fully saturated rings. The van der Waals surface area contributed by atoms with Crippen LogP contribution in [0, 0.1) is 0 Å². The van der Waals surface area contributed by atoms with Gasteiger partial charge in [-0.25, -0.2) is 0 Å². The van der Waals surface area contributed by atoms with Gasteiger partial charge in [0.25, 0.3) is 0 Å². The lowest BCUT2D eigenvalue weighted by atomic mass is 10.1. The van der Waals surface area contributed by atoms with Gasteiger partial charge in [0, 0.05) is 12.6 Å². The number of rotatable bonds is 4. The van der Waals surface area contributed by atoms with Crippen LogP contribution in [0.1, 0.15) is 27.7 Å². The van der Waals surface area contributed by atoms with Crippen molar-refractivity contribution in [1.82, 2.24) is 10.6 Å². The van der Waals surface area contributed by atoms with Crippen LogP contribution in [0.2, 0.25) is 0 Å². The maximum absolute atomic E-state index is 11.5. The summed E-state index contributed by atoms with van der Waals surface area (Å²) in [7, 11) is 1.43. The van der Waals surface area contributed by atoms with Crippen LogP contribution in [-0.4, -0.2) is 37.1 Å². The summed E-state index contributed by atoms with van der Waals surface area (Å²) < 4.78 is 4.64. The molecule has 0 aromatic carbocycles. The maximum atomic E-state index is 11.5. The Balaban J connectivity index is 4.05. The Morgan fingerprint density at radius 1 is 1.33 bits per heavy atom. The Kier molecular flexibility index (Phi) is 5.28. The van der Waals surface area contributed by atoms with E-state index in [-0.39, 0.29) is 24.0 Å². The fourth-order valence-corrected chi connectivity index (χ4v) is 0.958. The zero-order valence-electron chi connectivity index (χ0n) is 10.0. The van der Waals surface area contributed by atoms with Crippen molar-refractivity contribution in [3.8, 4) is 0 Å². The van der Waals surface area contributed by atoms with Crippen LogP contribution in [-0.2, 0) is 14.3 Å². The van der Waals surface area contributed by atoms with E-state index in [2.05, 4.69) is 15.4 Å². The van der Waals surface area contributed by atoms with Crippen molar-refractivity contribution in [2.45, 2.75) is 39.3 Å². The second-order valence-corrected chi connectivity index (χ2v) is 4.46. The predicted octanol–water partition coefficient (Wildman–Crippen LogP) is 0.0522. The van der Waals surface area contributed by atoms with Crippen LogP contribution in [0.3, 0.4) is 0 Å². The van der Waals surface area contributed by atoms with Crippen molar-refractivity contribution in [3.63, 3.8) is 0 Å². The highest BCUT2D eigenvalue weighted by atomic mass is 16.5. The summed E-state index contributed by atoms with van der Waals surface area (Å²) in [6, 6.07) is -0.549. The molecule has 1 atom stereocenters. The standard InChI is InChI=1S/C10H20N2O3/c1-7(11-8(13)6-15-5)9(14)12-10(2,3)4/h7H,6H2,1-5H3,(H,11,13)(H,12,14). The van der Waals surface area contributed by atoms with Crippen LogP contribution < -0.4 is 10.6 Å². The molecule has 0 saturated heterocycles. The summed E-state index contributed by atoms with van der Waals surface area (Å²) >= 11 is 0. The van der Waals surface area contributed by atoms with Gasteiger partial charge in [0.1, 0.15) is 12.6 Å². The lowest BCUT2D eigenvalue weighted by Crippen LogP contribution is -2.51. The first kappa shape index (κ1) is 13.9. The molecule has 0 aliphatic rings. The minimum Gasteiger partial charge on any atom is -0.375 e. The summed E-state index contributed by atoms with van der Waals surface area (Å²) in [5.41, 5.74) is -0.294. The van der Waals surface area contributed by atoms with Gasteiger partial charge in [-0.15, -0.1) is 0 Å². The predicted molar refractivity (Wildman–Crippen MR) is 57.4 cm³/mol. The van der Waals surface area contributed by atoms with Crippen molar-refractivity contribution in [2.75, 3.05) is 13.7 Å². The van der Waals surface area contributed by atoms with E-state index in [9.17, 15) is 9.59 Å². The topological polar surface area (TPSA) is 67.4 Å². The molecule has 0 heterocycles. The molecular weight excluding hydrogens is 196 g/mol. The molecule has 0 spiro atoms. The molecule has 0 aromatic rings. The molecule has 0 rings (SSSR count). The summed E-state index contributed by atoms with van der Waals surface area (Å²) in [6.07, 6.45) is 0. The lowest BCUT2D eigenvalue weighted by Gasteiger charge is -2.23. The third-order valence-corrected chi connectivity index (χ3v) is 1.54. The molecule has 5 heteroatoms. The summed E-state index contributed by atoms with van der Waals surface area (Å²) in [4.78, 5) is 22.6. The van der Waals surface area contributed by atoms with Crippen molar-refractivity contribution in [1.29, 1.82) is 0 Å². The molecule has 5 nitrogen and oxygen atoms in total. The second-order valence-electron chi connectivity index (χ2n) is 4.46. The summed E-state index contributed by atoms with van der Waals surface area (Å²) in [5, 5.41) is 5.30. The van der Waals surface area contributed by atoms with Gasteiger partial charge in [-0.2, -0.15) is 0 Å². The van der Waals surface area contributed by atoms with E-state index in [1.54, 1.807) is 6.92 Å². The Morgan fingerprint density at radius 3 is 2.27 bits per heavy atom. The fraction of sp³-hybridized carbons (Fsp3) is 0.800. The second kappa shape index (κ2) is 5.70. The minimum atomic E-state index is -0.549. The highest BCUT2D eigenvalue weighted by Crippen LogP contribution is 1.99. The number of carbonyl (C=O) groups excluding carboxylic acids is 2. The van der Waals surface area contributed by atoms with E-state index < -0.39 is 6.04 Å². The molecule has 15 heavy (non-hydrogen) atoms. The number of ether oxygens (including phenoxy) is 1. The van der Waals surface area contributed by atoms with Gasteiger partial charge in [-0.05, 0) is 27.7 Å². The Hall–Kier alpha value is -1.10. The minimum absolute atomic E-state index is 0.0346. The highest BCUT2D eigenvalue weighted by Gasteiger charge is 2.20. The quantitative estimate of drug-likeness (QED) is 0.698. The first-order chi connectivity index (χ1) is 6.76. The Labute approximate surface area is 90.6 Å². The lowest BCUT2D eigenvalue weighted by molar-refractivity contribution is -0.131. The van der Waals surface area contributed by atoms with Gasteiger partial charge >= 0.3 is 0 Å². The smallest absolute Gasteiger partial charge is 0.246 e. The third-order valence-electron chi connectivity index (χ3n) is 1.54. The molecular formula is C10H20N2O3. The number of hydrogen-bond acceptors (Lipinski definition) is 3. The normalized spacial score (nSPS) is 13.1. The number of carbonyl (C=O) groups is 2. The number of nitrogens with one attached hydrogen (secondary N) is 2. The number of methoxy groups -OCH3 is 1. The largest absolute Gasteiger partial charge is 0.375 e. The van der Waals surface area contributed by atoms with Gasteiger partial charge in [0.15, 0.2) is 0 Å². The molecule has 0 radical (unpaired) electrons.